The molecule has 0 spiro atoms. The zero-order valence-corrected chi connectivity index (χ0v) is 26.4. The van der Waals surface area contributed by atoms with Crippen LogP contribution in [0.5, 0.6) is 0 Å². The number of para-hydroxylation sites is 1. The van der Waals surface area contributed by atoms with Crippen LogP contribution < -0.4 is 5.32 Å². The van der Waals surface area contributed by atoms with Crippen LogP contribution in [-0.2, 0) is 30.8 Å². The first-order valence-electron chi connectivity index (χ1n) is 15.0. The van der Waals surface area contributed by atoms with Crippen molar-refractivity contribution in [3.63, 3.8) is 0 Å². The molecule has 1 fully saturated rings. The number of esters is 1. The molecule has 0 unspecified atom stereocenters. The van der Waals surface area contributed by atoms with Crippen LogP contribution in [0.2, 0.25) is 0 Å². The van der Waals surface area contributed by atoms with Crippen molar-refractivity contribution < 1.29 is 32.3 Å². The Bertz CT molecular complexity index is 1810. The number of fused-ring (bicyclic) bond motifs is 1. The molecule has 1 atom stereocenters. The Morgan fingerprint density at radius 1 is 0.933 bits per heavy atom. The average molecular weight is 632 g/mol. The summed E-state index contributed by atoms with van der Waals surface area (Å²) in [6.07, 6.45) is 0. The van der Waals surface area contributed by atoms with Crippen LogP contribution in [0.3, 0.4) is 0 Å². The Morgan fingerprint density at radius 2 is 1.62 bits per heavy atom. The first-order chi connectivity index (χ1) is 21.6. The van der Waals surface area contributed by atoms with Crippen LogP contribution in [-0.4, -0.2) is 73.9 Å². The Morgan fingerprint density at radius 3 is 2.31 bits per heavy atom. The molecule has 4 aromatic rings. The van der Waals surface area contributed by atoms with Crippen LogP contribution in [0.25, 0.3) is 22.2 Å². The Kier molecular flexibility index (Phi) is 9.81. The van der Waals surface area contributed by atoms with E-state index in [0.29, 0.717) is 25.3 Å². The molecule has 1 aromatic heterocycles. The second-order valence-corrected chi connectivity index (χ2v) is 13.1. The highest BCUT2D eigenvalue weighted by atomic mass is 32.2. The fourth-order valence-corrected chi connectivity index (χ4v) is 7.02. The minimum Gasteiger partial charge on any atom is -0.456 e. The molecule has 45 heavy (non-hydrogen) atoms. The highest BCUT2D eigenvalue weighted by Gasteiger charge is 2.30. The zero-order valence-electron chi connectivity index (χ0n) is 25.6. The number of rotatable bonds is 11. The minimum absolute atomic E-state index is 0.0215. The van der Waals surface area contributed by atoms with Crippen LogP contribution >= 0.6 is 0 Å². The highest BCUT2D eigenvalue weighted by molar-refractivity contribution is 7.89. The molecule has 0 radical (unpaired) electrons. The first-order valence-corrected chi connectivity index (χ1v) is 16.4. The van der Waals surface area contributed by atoms with E-state index in [9.17, 15) is 22.8 Å². The molecular weight excluding hydrogens is 594 g/mol. The summed E-state index contributed by atoms with van der Waals surface area (Å²) in [6.45, 7) is 6.68. The number of benzene rings is 3. The highest BCUT2D eigenvalue weighted by Crippen LogP contribution is 2.34. The van der Waals surface area contributed by atoms with E-state index in [1.165, 1.54) is 28.6 Å². The van der Waals surface area contributed by atoms with E-state index in [2.05, 4.69) is 9.88 Å². The van der Waals surface area contributed by atoms with Crippen LogP contribution in [0, 0.1) is 5.92 Å². The van der Waals surface area contributed by atoms with Gasteiger partial charge in [0.2, 0.25) is 15.8 Å². The average Bonchev–Trinajstić information content (AvgIpc) is 3.41. The summed E-state index contributed by atoms with van der Waals surface area (Å²) in [6, 6.07) is 21.8. The largest absolute Gasteiger partial charge is 0.456 e. The number of ketones is 1. The van der Waals surface area contributed by atoms with Gasteiger partial charge in [0, 0.05) is 36.1 Å². The molecule has 1 N–H and O–H groups in total. The van der Waals surface area contributed by atoms with Crippen molar-refractivity contribution in [2.45, 2.75) is 38.3 Å². The predicted molar refractivity (Wildman–Crippen MR) is 170 cm³/mol. The third-order valence-corrected chi connectivity index (χ3v) is 9.76. The van der Waals surface area contributed by atoms with Gasteiger partial charge < -0.3 is 19.4 Å². The number of ether oxygens (including phenoxy) is 2. The summed E-state index contributed by atoms with van der Waals surface area (Å²) in [4.78, 5) is 40.3. The van der Waals surface area contributed by atoms with Gasteiger partial charge in [0.25, 0.3) is 5.91 Å². The minimum atomic E-state index is -3.82. The van der Waals surface area contributed by atoms with Crippen molar-refractivity contribution in [2.75, 3.05) is 32.9 Å². The Balaban J connectivity index is 1.33. The lowest BCUT2D eigenvalue weighted by molar-refractivity contribution is -0.145. The normalized spacial score (nSPS) is 14.8. The van der Waals surface area contributed by atoms with Crippen molar-refractivity contribution in [1.29, 1.82) is 0 Å². The number of morpholine rings is 1. The molecule has 10 nitrogen and oxygen atoms in total. The molecular formula is C34H37N3O7S. The SMILES string of the molecule is CCn1c(-c2ccccc2)c(C(=O)COC(=O)[C@H](NC(=O)c2cccc(S(=O)(=O)N3CCOCC3)c2)C(C)C)c2ccccc21. The number of Topliss-reactive ketones (excluding diaryl/α,β-unsaturated/α-hetero) is 1. The van der Waals surface area contributed by atoms with Crippen molar-refractivity contribution in [2.24, 2.45) is 5.92 Å². The van der Waals surface area contributed by atoms with Gasteiger partial charge in [-0.3, -0.25) is 9.59 Å². The number of amides is 1. The molecule has 1 aliphatic rings. The lowest BCUT2D eigenvalue weighted by atomic mass is 10.0. The predicted octanol–water partition coefficient (Wildman–Crippen LogP) is 4.53. The lowest BCUT2D eigenvalue weighted by Crippen LogP contribution is -2.45. The molecule has 3 aromatic carbocycles. The number of sulfonamides is 1. The van der Waals surface area contributed by atoms with Gasteiger partial charge in [-0.15, -0.1) is 0 Å². The van der Waals surface area contributed by atoms with E-state index in [1.807, 2.05) is 61.5 Å². The van der Waals surface area contributed by atoms with E-state index < -0.39 is 34.5 Å². The van der Waals surface area contributed by atoms with Crippen molar-refractivity contribution in [3.8, 4) is 11.3 Å². The number of nitrogens with one attached hydrogen (secondary N) is 1. The van der Waals surface area contributed by atoms with Crippen LogP contribution in [0.1, 0.15) is 41.5 Å². The molecule has 0 bridgehead atoms. The van der Waals surface area contributed by atoms with Gasteiger partial charge in [-0.2, -0.15) is 4.31 Å². The number of aryl methyl sites for hydroxylation is 1. The number of hydrogen-bond donors (Lipinski definition) is 1. The zero-order chi connectivity index (χ0) is 32.1. The van der Waals surface area contributed by atoms with E-state index in [4.69, 9.17) is 9.47 Å². The molecule has 0 saturated carbocycles. The maximum absolute atomic E-state index is 13.7. The number of aromatic nitrogens is 1. The Labute approximate surface area is 263 Å². The molecule has 236 valence electrons. The van der Waals surface area contributed by atoms with E-state index in [0.717, 1.165) is 22.2 Å². The Hall–Kier alpha value is -4.32. The van der Waals surface area contributed by atoms with Crippen LogP contribution in [0.4, 0.5) is 0 Å². The monoisotopic (exact) mass is 631 g/mol. The summed E-state index contributed by atoms with van der Waals surface area (Å²) in [7, 11) is -3.82. The van der Waals surface area contributed by atoms with Crippen molar-refractivity contribution >= 4 is 38.6 Å². The molecule has 5 rings (SSSR count). The molecule has 1 aliphatic heterocycles. The van der Waals surface area contributed by atoms with Crippen molar-refractivity contribution in [3.05, 3.63) is 90.0 Å². The van der Waals surface area contributed by atoms with E-state index in [-0.39, 0.29) is 35.2 Å². The summed E-state index contributed by atoms with van der Waals surface area (Å²) in [5.41, 5.74) is 3.07. The van der Waals surface area contributed by atoms with Gasteiger partial charge >= 0.3 is 5.97 Å². The maximum Gasteiger partial charge on any atom is 0.329 e. The third-order valence-electron chi connectivity index (χ3n) is 7.87. The van der Waals surface area contributed by atoms with Gasteiger partial charge in [0.15, 0.2) is 6.61 Å². The van der Waals surface area contributed by atoms with E-state index >= 15 is 0 Å². The third kappa shape index (κ3) is 6.70. The molecule has 1 saturated heterocycles. The molecule has 1 amide bonds. The number of nitrogens with zero attached hydrogens (tertiary/aromatic N) is 2. The smallest absolute Gasteiger partial charge is 0.329 e. The number of hydrogen-bond acceptors (Lipinski definition) is 7. The van der Waals surface area contributed by atoms with Gasteiger partial charge in [0.05, 0.1) is 29.4 Å². The second-order valence-electron chi connectivity index (χ2n) is 11.1. The van der Waals surface area contributed by atoms with E-state index in [1.54, 1.807) is 13.8 Å². The van der Waals surface area contributed by atoms with Gasteiger partial charge in [-0.05, 0) is 42.7 Å². The molecule has 2 heterocycles. The summed E-state index contributed by atoms with van der Waals surface area (Å²) < 4.78 is 40.4. The van der Waals surface area contributed by atoms with Crippen molar-refractivity contribution in [1.82, 2.24) is 14.2 Å². The standard InChI is InChI=1S/C34H37N3O7S/c1-4-37-28-16-9-8-15-27(28)30(32(37)24-11-6-5-7-12-24)29(38)22-44-34(40)31(23(2)3)35-33(39)25-13-10-14-26(21-25)45(41,42)36-17-19-43-20-18-36/h5-16,21,23,31H,4,17-20,22H2,1-3H3,(H,35,39)/t31-/m1/s1. The number of carbonyl (C=O) groups excluding carboxylic acids is 3. The quantitative estimate of drug-likeness (QED) is 0.191. The summed E-state index contributed by atoms with van der Waals surface area (Å²) in [5, 5.41) is 3.44. The van der Waals surface area contributed by atoms with Gasteiger partial charge in [-0.1, -0.05) is 68.4 Å². The van der Waals surface area contributed by atoms with Gasteiger partial charge in [0.1, 0.15) is 6.04 Å². The topological polar surface area (TPSA) is 124 Å². The second kappa shape index (κ2) is 13.8. The summed E-state index contributed by atoms with van der Waals surface area (Å²) in [5.74, 6) is -2.13. The fraction of sp³-hybridized carbons (Fsp3) is 0.324. The number of carbonyl (C=O) groups is 3. The molecule has 11 heteroatoms. The maximum atomic E-state index is 13.7. The molecule has 0 aliphatic carbocycles. The summed E-state index contributed by atoms with van der Waals surface area (Å²) >= 11 is 0. The van der Waals surface area contributed by atoms with Crippen LogP contribution in [0.15, 0.2) is 83.8 Å². The lowest BCUT2D eigenvalue weighted by Gasteiger charge is -2.26. The van der Waals surface area contributed by atoms with Gasteiger partial charge in [-0.25, -0.2) is 13.2 Å². The first kappa shape index (κ1) is 32.1. The fourth-order valence-electron chi connectivity index (χ4n) is 5.57.